The van der Waals surface area contributed by atoms with Gasteiger partial charge in [0.25, 0.3) is 0 Å². The molecule has 1 aromatic rings. The van der Waals surface area contributed by atoms with E-state index in [0.29, 0.717) is 5.75 Å². The minimum atomic E-state index is 0.119. The Balaban J connectivity index is 2.99. The first-order valence-electron chi connectivity index (χ1n) is 4.24. The summed E-state index contributed by atoms with van der Waals surface area (Å²) in [6, 6.07) is 3.89. The predicted octanol–water partition coefficient (Wildman–Crippen LogP) is 2.35. The van der Waals surface area contributed by atoms with Gasteiger partial charge in [0.1, 0.15) is 5.75 Å². The fourth-order valence-electron chi connectivity index (χ4n) is 1.21. The zero-order valence-corrected chi connectivity index (χ0v) is 9.43. The summed E-state index contributed by atoms with van der Waals surface area (Å²) in [6.45, 7) is 3.82. The van der Waals surface area contributed by atoms with Crippen molar-refractivity contribution in [2.75, 3.05) is 0 Å². The number of phenolic OH excluding ortho intramolecular Hbond substituents is 1. The Bertz CT molecular complexity index is 287. The van der Waals surface area contributed by atoms with Gasteiger partial charge in [-0.2, -0.15) is 0 Å². The molecule has 13 heavy (non-hydrogen) atoms. The van der Waals surface area contributed by atoms with Gasteiger partial charge in [-0.1, -0.05) is 15.9 Å². The van der Waals surface area contributed by atoms with E-state index < -0.39 is 0 Å². The highest BCUT2D eigenvalue weighted by Gasteiger charge is 2.05. The molecule has 0 aromatic heterocycles. The third-order valence-electron chi connectivity index (χ3n) is 1.93. The van der Waals surface area contributed by atoms with Crippen LogP contribution in [0.1, 0.15) is 18.1 Å². The molecular formula is C10H14BrNO. The van der Waals surface area contributed by atoms with Crippen LogP contribution in [0.4, 0.5) is 0 Å². The lowest BCUT2D eigenvalue weighted by Gasteiger charge is -2.08. The predicted molar refractivity (Wildman–Crippen MR) is 57.9 cm³/mol. The Kier molecular flexibility index (Phi) is 3.33. The minimum Gasteiger partial charge on any atom is -0.508 e. The van der Waals surface area contributed by atoms with Crippen LogP contribution >= 0.6 is 15.9 Å². The van der Waals surface area contributed by atoms with Crippen molar-refractivity contribution >= 4 is 15.9 Å². The van der Waals surface area contributed by atoms with Crippen LogP contribution in [0, 0.1) is 6.92 Å². The van der Waals surface area contributed by atoms with Gasteiger partial charge < -0.3 is 10.8 Å². The highest BCUT2D eigenvalue weighted by atomic mass is 79.9. The van der Waals surface area contributed by atoms with E-state index in [1.807, 2.05) is 19.9 Å². The van der Waals surface area contributed by atoms with Crippen LogP contribution in [0.25, 0.3) is 0 Å². The molecule has 0 fully saturated rings. The van der Waals surface area contributed by atoms with Gasteiger partial charge in [0, 0.05) is 16.1 Å². The van der Waals surface area contributed by atoms with Crippen LogP contribution in [0.3, 0.4) is 0 Å². The second kappa shape index (κ2) is 4.11. The zero-order valence-electron chi connectivity index (χ0n) is 7.84. The molecule has 0 saturated heterocycles. The normalized spacial score (nSPS) is 12.9. The van der Waals surface area contributed by atoms with E-state index in [1.54, 1.807) is 6.07 Å². The van der Waals surface area contributed by atoms with E-state index in [9.17, 15) is 5.11 Å². The van der Waals surface area contributed by atoms with Crippen LogP contribution in [0.15, 0.2) is 16.6 Å². The molecule has 1 rings (SSSR count). The summed E-state index contributed by atoms with van der Waals surface area (Å²) < 4.78 is 0.933. The van der Waals surface area contributed by atoms with Crippen molar-refractivity contribution in [3.63, 3.8) is 0 Å². The maximum atomic E-state index is 9.52. The molecule has 0 saturated carbocycles. The average molecular weight is 244 g/mol. The van der Waals surface area contributed by atoms with Crippen LogP contribution in [0.2, 0.25) is 0 Å². The average Bonchev–Trinajstić information content (AvgIpc) is 1.98. The largest absolute Gasteiger partial charge is 0.508 e. The van der Waals surface area contributed by atoms with E-state index in [4.69, 9.17) is 5.73 Å². The van der Waals surface area contributed by atoms with Crippen molar-refractivity contribution < 1.29 is 5.11 Å². The standard InChI is InChI=1S/C10H14BrNO/c1-6(12)3-8-4-9(11)7(2)10(13)5-8/h4-6,13H,3,12H2,1-2H3. The van der Waals surface area contributed by atoms with Gasteiger partial charge in [0.05, 0.1) is 0 Å². The number of hydrogen-bond acceptors (Lipinski definition) is 2. The molecular weight excluding hydrogens is 230 g/mol. The van der Waals surface area contributed by atoms with Crippen molar-refractivity contribution in [3.8, 4) is 5.75 Å². The lowest BCUT2D eigenvalue weighted by molar-refractivity contribution is 0.469. The number of phenols is 1. The molecule has 0 heterocycles. The van der Waals surface area contributed by atoms with Crippen molar-refractivity contribution in [2.45, 2.75) is 26.3 Å². The number of benzene rings is 1. The van der Waals surface area contributed by atoms with Crippen molar-refractivity contribution in [2.24, 2.45) is 5.73 Å². The molecule has 2 nitrogen and oxygen atoms in total. The SMILES string of the molecule is Cc1c(O)cc(CC(C)N)cc1Br. The summed E-state index contributed by atoms with van der Waals surface area (Å²) in [5.41, 5.74) is 7.59. The molecule has 3 heteroatoms. The molecule has 1 unspecified atom stereocenters. The summed E-state index contributed by atoms with van der Waals surface area (Å²) in [5, 5.41) is 9.52. The topological polar surface area (TPSA) is 46.2 Å². The maximum absolute atomic E-state index is 9.52. The third-order valence-corrected chi connectivity index (χ3v) is 2.76. The highest BCUT2D eigenvalue weighted by molar-refractivity contribution is 9.10. The van der Waals surface area contributed by atoms with E-state index >= 15 is 0 Å². The Morgan fingerprint density at radius 2 is 2.15 bits per heavy atom. The Morgan fingerprint density at radius 3 is 2.62 bits per heavy atom. The second-order valence-corrected chi connectivity index (χ2v) is 4.26. The molecule has 0 bridgehead atoms. The van der Waals surface area contributed by atoms with Gasteiger partial charge in [0.2, 0.25) is 0 Å². The second-order valence-electron chi connectivity index (χ2n) is 3.40. The first kappa shape index (κ1) is 10.5. The van der Waals surface area contributed by atoms with Crippen LogP contribution in [0.5, 0.6) is 5.75 Å². The van der Waals surface area contributed by atoms with Crippen molar-refractivity contribution in [3.05, 3.63) is 27.7 Å². The molecule has 0 aliphatic rings. The fourth-order valence-corrected chi connectivity index (χ4v) is 1.71. The monoisotopic (exact) mass is 243 g/mol. The molecule has 0 aliphatic carbocycles. The molecule has 0 radical (unpaired) electrons. The highest BCUT2D eigenvalue weighted by Crippen LogP contribution is 2.27. The van der Waals surface area contributed by atoms with Gasteiger partial charge in [-0.15, -0.1) is 0 Å². The van der Waals surface area contributed by atoms with E-state index in [0.717, 1.165) is 22.0 Å². The first-order chi connectivity index (χ1) is 6.00. The van der Waals surface area contributed by atoms with Gasteiger partial charge in [-0.3, -0.25) is 0 Å². The Labute approximate surface area is 86.9 Å². The van der Waals surface area contributed by atoms with Crippen molar-refractivity contribution in [1.29, 1.82) is 0 Å². The lowest BCUT2D eigenvalue weighted by Crippen LogP contribution is -2.17. The maximum Gasteiger partial charge on any atom is 0.119 e. The number of hydrogen-bond donors (Lipinski definition) is 2. The summed E-state index contributed by atoms with van der Waals surface area (Å²) in [6.07, 6.45) is 0.784. The molecule has 3 N–H and O–H groups in total. The smallest absolute Gasteiger partial charge is 0.119 e. The van der Waals surface area contributed by atoms with Gasteiger partial charge in [-0.25, -0.2) is 0 Å². The summed E-state index contributed by atoms with van der Waals surface area (Å²) >= 11 is 3.39. The summed E-state index contributed by atoms with van der Waals surface area (Å²) in [5.74, 6) is 0.324. The van der Waals surface area contributed by atoms with E-state index in [1.165, 1.54) is 0 Å². The summed E-state index contributed by atoms with van der Waals surface area (Å²) in [7, 11) is 0. The quantitative estimate of drug-likeness (QED) is 0.838. The van der Waals surface area contributed by atoms with Gasteiger partial charge in [0.15, 0.2) is 0 Å². The molecule has 0 aliphatic heterocycles. The number of halogens is 1. The van der Waals surface area contributed by atoms with Crippen LogP contribution < -0.4 is 5.73 Å². The first-order valence-corrected chi connectivity index (χ1v) is 5.03. The fraction of sp³-hybridized carbons (Fsp3) is 0.400. The Morgan fingerprint density at radius 1 is 1.54 bits per heavy atom. The lowest BCUT2D eigenvalue weighted by atomic mass is 10.1. The Hall–Kier alpha value is -0.540. The van der Waals surface area contributed by atoms with E-state index in [-0.39, 0.29) is 6.04 Å². The number of nitrogens with two attached hydrogens (primary N) is 1. The van der Waals surface area contributed by atoms with Gasteiger partial charge >= 0.3 is 0 Å². The van der Waals surface area contributed by atoms with Crippen molar-refractivity contribution in [1.82, 2.24) is 0 Å². The molecule has 1 atom stereocenters. The molecule has 0 spiro atoms. The van der Waals surface area contributed by atoms with E-state index in [2.05, 4.69) is 15.9 Å². The summed E-state index contributed by atoms with van der Waals surface area (Å²) in [4.78, 5) is 0. The molecule has 1 aromatic carbocycles. The van der Waals surface area contributed by atoms with Gasteiger partial charge in [-0.05, 0) is 38.0 Å². The molecule has 72 valence electrons. The third kappa shape index (κ3) is 2.71. The number of rotatable bonds is 2. The number of aromatic hydroxyl groups is 1. The molecule has 0 amide bonds. The van der Waals surface area contributed by atoms with Crippen LogP contribution in [-0.4, -0.2) is 11.1 Å². The zero-order chi connectivity index (χ0) is 10.0. The minimum absolute atomic E-state index is 0.119. The van der Waals surface area contributed by atoms with Crippen LogP contribution in [-0.2, 0) is 6.42 Å².